The predicted octanol–water partition coefficient (Wildman–Crippen LogP) is 2.17. The average Bonchev–Trinajstić information content (AvgIpc) is 2.55. The summed E-state index contributed by atoms with van der Waals surface area (Å²) in [5.41, 5.74) is -0.0384. The highest BCUT2D eigenvalue weighted by Gasteiger charge is 2.36. The first-order valence-corrected chi connectivity index (χ1v) is 7.60. The second-order valence-electron chi connectivity index (χ2n) is 5.53. The van der Waals surface area contributed by atoms with Gasteiger partial charge >= 0.3 is 6.09 Å². The second kappa shape index (κ2) is 7.23. The third-order valence-electron chi connectivity index (χ3n) is 3.94. The smallest absolute Gasteiger partial charge is 0.409 e. The van der Waals surface area contributed by atoms with E-state index in [-0.39, 0.29) is 6.09 Å². The van der Waals surface area contributed by atoms with Crippen molar-refractivity contribution < 1.29 is 14.6 Å². The minimum absolute atomic E-state index is 0.316. The Balaban J connectivity index is 1.92. The van der Waals surface area contributed by atoms with Crippen LogP contribution in [0.4, 0.5) is 4.79 Å². The van der Waals surface area contributed by atoms with Crippen molar-refractivity contribution in [3.8, 4) is 6.07 Å². The summed E-state index contributed by atoms with van der Waals surface area (Å²) in [4.78, 5) is 17.7. The van der Waals surface area contributed by atoms with E-state index in [0.29, 0.717) is 43.8 Å². The first-order valence-electron chi connectivity index (χ1n) is 7.60. The number of hydrogen-bond donors (Lipinski definition) is 1. The first kappa shape index (κ1) is 16.2. The van der Waals surface area contributed by atoms with Crippen molar-refractivity contribution in [1.82, 2.24) is 9.88 Å². The van der Waals surface area contributed by atoms with E-state index in [1.165, 1.54) is 6.20 Å². The Kier molecular flexibility index (Phi) is 5.34. The Morgan fingerprint density at radius 2 is 2.23 bits per heavy atom. The number of carbonyl (C=O) groups excluding carboxylic acids is 1. The number of rotatable bonds is 4. The van der Waals surface area contributed by atoms with Crippen molar-refractivity contribution in [3.05, 3.63) is 29.6 Å². The number of pyridine rings is 1. The number of piperidine rings is 1. The average molecular weight is 303 g/mol. The zero-order valence-electron chi connectivity index (χ0n) is 12.8. The third-order valence-corrected chi connectivity index (χ3v) is 3.94. The molecule has 1 aromatic heterocycles. The van der Waals surface area contributed by atoms with E-state index >= 15 is 0 Å². The summed E-state index contributed by atoms with van der Waals surface area (Å²) in [6.45, 7) is 3.35. The van der Waals surface area contributed by atoms with Gasteiger partial charge in [0.15, 0.2) is 0 Å². The Hall–Kier alpha value is -2.13. The molecule has 2 heterocycles. The van der Waals surface area contributed by atoms with Crippen LogP contribution in [0.1, 0.15) is 43.9 Å². The molecular formula is C16H21N3O3. The molecule has 22 heavy (non-hydrogen) atoms. The molecule has 1 saturated heterocycles. The van der Waals surface area contributed by atoms with Gasteiger partial charge < -0.3 is 14.7 Å². The van der Waals surface area contributed by atoms with Crippen molar-refractivity contribution in [1.29, 1.82) is 5.26 Å². The number of hydrogen-bond acceptors (Lipinski definition) is 5. The summed E-state index contributed by atoms with van der Waals surface area (Å²) >= 11 is 0. The number of nitriles is 1. The number of unbranched alkanes of at least 4 members (excludes halogenated alkanes) is 1. The molecule has 118 valence electrons. The van der Waals surface area contributed by atoms with Gasteiger partial charge in [-0.25, -0.2) is 4.79 Å². The maximum Gasteiger partial charge on any atom is 0.409 e. The van der Waals surface area contributed by atoms with Gasteiger partial charge in [0.25, 0.3) is 0 Å². The zero-order chi connectivity index (χ0) is 16.0. The predicted molar refractivity (Wildman–Crippen MR) is 79.9 cm³/mol. The molecule has 0 saturated carbocycles. The fourth-order valence-corrected chi connectivity index (χ4v) is 2.45. The highest BCUT2D eigenvalue weighted by atomic mass is 16.6. The number of aliphatic hydroxyl groups is 1. The molecule has 1 fully saturated rings. The summed E-state index contributed by atoms with van der Waals surface area (Å²) in [6.07, 6.45) is 3.81. The number of carbonyl (C=O) groups is 1. The van der Waals surface area contributed by atoms with Gasteiger partial charge in [-0.3, -0.25) is 4.98 Å². The molecule has 1 aliphatic heterocycles. The van der Waals surface area contributed by atoms with Crippen LogP contribution in [-0.4, -0.2) is 40.8 Å². The standard InChI is InChI=1S/C16H21N3O3/c1-2-3-10-22-15(20)19-8-6-16(21,7-9-19)14-5-4-13(11-17)12-18-14/h4-5,12,21H,2-3,6-10H2,1H3. The van der Waals surface area contributed by atoms with Crippen LogP contribution in [0.2, 0.25) is 0 Å². The summed E-state index contributed by atoms with van der Waals surface area (Å²) in [7, 11) is 0. The van der Waals surface area contributed by atoms with Crippen LogP contribution in [0.3, 0.4) is 0 Å². The molecule has 6 heteroatoms. The molecule has 0 spiro atoms. The normalized spacial score (nSPS) is 16.9. The monoisotopic (exact) mass is 303 g/mol. The van der Waals surface area contributed by atoms with E-state index in [2.05, 4.69) is 4.98 Å². The van der Waals surface area contributed by atoms with Gasteiger partial charge in [-0.05, 0) is 31.4 Å². The lowest BCUT2D eigenvalue weighted by Crippen LogP contribution is -2.45. The summed E-state index contributed by atoms with van der Waals surface area (Å²) < 4.78 is 5.18. The van der Waals surface area contributed by atoms with Crippen molar-refractivity contribution in [2.24, 2.45) is 0 Å². The van der Waals surface area contributed by atoms with Crippen LogP contribution >= 0.6 is 0 Å². The summed E-state index contributed by atoms with van der Waals surface area (Å²) in [6, 6.07) is 5.32. The molecule has 6 nitrogen and oxygen atoms in total. The van der Waals surface area contributed by atoms with Gasteiger partial charge in [0, 0.05) is 19.3 Å². The van der Waals surface area contributed by atoms with Gasteiger partial charge in [-0.1, -0.05) is 13.3 Å². The SMILES string of the molecule is CCCCOC(=O)N1CCC(O)(c2ccc(C#N)cn2)CC1. The van der Waals surface area contributed by atoms with Crippen LogP contribution in [0.25, 0.3) is 0 Å². The maximum absolute atomic E-state index is 11.9. The lowest BCUT2D eigenvalue weighted by Gasteiger charge is -2.37. The lowest BCUT2D eigenvalue weighted by atomic mass is 9.88. The molecule has 0 atom stereocenters. The molecule has 0 radical (unpaired) electrons. The van der Waals surface area contributed by atoms with Crippen molar-refractivity contribution in [3.63, 3.8) is 0 Å². The summed E-state index contributed by atoms with van der Waals surface area (Å²) in [5.74, 6) is 0. The van der Waals surface area contributed by atoms with Crippen LogP contribution in [0.5, 0.6) is 0 Å². The van der Waals surface area contributed by atoms with E-state index in [4.69, 9.17) is 10.00 Å². The molecule has 0 aliphatic carbocycles. The molecule has 0 aromatic carbocycles. The second-order valence-corrected chi connectivity index (χ2v) is 5.53. The molecule has 0 bridgehead atoms. The molecule has 1 aliphatic rings. The van der Waals surface area contributed by atoms with E-state index in [0.717, 1.165) is 12.8 Å². The number of amides is 1. The molecular weight excluding hydrogens is 282 g/mol. The van der Waals surface area contributed by atoms with Gasteiger partial charge in [0.2, 0.25) is 0 Å². The van der Waals surface area contributed by atoms with Crippen molar-refractivity contribution in [2.75, 3.05) is 19.7 Å². The quantitative estimate of drug-likeness (QED) is 0.861. The highest BCUT2D eigenvalue weighted by Crippen LogP contribution is 2.31. The Labute approximate surface area is 130 Å². The van der Waals surface area contributed by atoms with E-state index in [1.54, 1.807) is 17.0 Å². The largest absolute Gasteiger partial charge is 0.449 e. The number of nitrogens with zero attached hydrogens (tertiary/aromatic N) is 3. The topological polar surface area (TPSA) is 86.5 Å². The van der Waals surface area contributed by atoms with Crippen LogP contribution in [0, 0.1) is 11.3 Å². The van der Waals surface area contributed by atoms with Crippen LogP contribution in [0.15, 0.2) is 18.3 Å². The van der Waals surface area contributed by atoms with Gasteiger partial charge in [-0.15, -0.1) is 0 Å². The molecule has 1 N–H and O–H groups in total. The number of aromatic nitrogens is 1. The van der Waals surface area contributed by atoms with Crippen molar-refractivity contribution in [2.45, 2.75) is 38.2 Å². The molecule has 1 aromatic rings. The van der Waals surface area contributed by atoms with E-state index in [9.17, 15) is 9.90 Å². The minimum Gasteiger partial charge on any atom is -0.449 e. The zero-order valence-corrected chi connectivity index (χ0v) is 12.8. The van der Waals surface area contributed by atoms with Gasteiger partial charge in [0.05, 0.1) is 17.9 Å². The Bertz CT molecular complexity index is 543. The van der Waals surface area contributed by atoms with Gasteiger partial charge in [-0.2, -0.15) is 5.26 Å². The maximum atomic E-state index is 11.9. The molecule has 0 unspecified atom stereocenters. The summed E-state index contributed by atoms with van der Waals surface area (Å²) in [5, 5.41) is 19.5. The van der Waals surface area contributed by atoms with E-state index < -0.39 is 5.60 Å². The fraction of sp³-hybridized carbons (Fsp3) is 0.562. The Morgan fingerprint density at radius 3 is 2.77 bits per heavy atom. The number of likely N-dealkylation sites (tertiary alicyclic amines) is 1. The van der Waals surface area contributed by atoms with Gasteiger partial charge in [0.1, 0.15) is 11.7 Å². The van der Waals surface area contributed by atoms with Crippen molar-refractivity contribution >= 4 is 6.09 Å². The van der Waals surface area contributed by atoms with E-state index in [1.807, 2.05) is 13.0 Å². The molecule has 2 rings (SSSR count). The number of ether oxygens (including phenoxy) is 1. The highest BCUT2D eigenvalue weighted by molar-refractivity contribution is 5.67. The lowest BCUT2D eigenvalue weighted by molar-refractivity contribution is -0.0280. The Morgan fingerprint density at radius 1 is 1.50 bits per heavy atom. The minimum atomic E-state index is -1.05. The third kappa shape index (κ3) is 3.74. The molecule has 1 amide bonds. The van der Waals surface area contributed by atoms with Crippen LogP contribution in [-0.2, 0) is 10.3 Å². The fourth-order valence-electron chi connectivity index (χ4n) is 2.45. The van der Waals surface area contributed by atoms with Crippen LogP contribution < -0.4 is 0 Å². The first-order chi connectivity index (χ1) is 10.6.